The van der Waals surface area contributed by atoms with Crippen molar-refractivity contribution in [3.63, 3.8) is 0 Å². The summed E-state index contributed by atoms with van der Waals surface area (Å²) in [4.78, 5) is 16.4. The monoisotopic (exact) mass is 291 g/mol. The molecule has 0 saturated heterocycles. The zero-order chi connectivity index (χ0) is 15.1. The molecule has 0 spiro atoms. The number of hydrogen-bond acceptors (Lipinski definition) is 3. The molecule has 0 amide bonds. The molecule has 0 unspecified atom stereocenters. The fourth-order valence-electron chi connectivity index (χ4n) is 2.59. The summed E-state index contributed by atoms with van der Waals surface area (Å²) in [6, 6.07) is 17.2. The van der Waals surface area contributed by atoms with Crippen molar-refractivity contribution in [2.45, 2.75) is 0 Å². The second-order valence-electron chi connectivity index (χ2n) is 4.97. The first-order valence-electron chi connectivity index (χ1n) is 6.81. The lowest BCUT2D eigenvalue weighted by atomic mass is 10.0. The van der Waals surface area contributed by atoms with Gasteiger partial charge < -0.3 is 4.42 Å². The maximum absolute atomic E-state index is 14.3. The van der Waals surface area contributed by atoms with E-state index in [-0.39, 0.29) is 11.5 Å². The van der Waals surface area contributed by atoms with E-state index >= 15 is 0 Å². The van der Waals surface area contributed by atoms with Crippen molar-refractivity contribution in [3.05, 3.63) is 76.9 Å². The molecule has 0 radical (unpaired) electrons. The maximum atomic E-state index is 14.3. The van der Waals surface area contributed by atoms with Crippen LogP contribution in [0.3, 0.4) is 0 Å². The number of fused-ring (bicyclic) bond motifs is 2. The Morgan fingerprint density at radius 2 is 1.59 bits per heavy atom. The second kappa shape index (κ2) is 4.77. The first kappa shape index (κ1) is 12.7. The van der Waals surface area contributed by atoms with Gasteiger partial charge in [0.05, 0.1) is 16.5 Å². The third kappa shape index (κ3) is 1.89. The van der Waals surface area contributed by atoms with Crippen LogP contribution in [-0.2, 0) is 0 Å². The van der Waals surface area contributed by atoms with E-state index in [2.05, 4.69) is 4.98 Å². The van der Waals surface area contributed by atoms with Crippen LogP contribution in [0.4, 0.5) is 4.39 Å². The molecule has 1 aromatic heterocycles. The van der Waals surface area contributed by atoms with Crippen molar-refractivity contribution in [2.75, 3.05) is 0 Å². The van der Waals surface area contributed by atoms with Gasteiger partial charge in [-0.25, -0.2) is 14.2 Å². The summed E-state index contributed by atoms with van der Waals surface area (Å²) >= 11 is 0. The van der Waals surface area contributed by atoms with Crippen molar-refractivity contribution in [2.24, 2.45) is 0 Å². The molecule has 0 aliphatic rings. The fourth-order valence-corrected chi connectivity index (χ4v) is 2.59. The van der Waals surface area contributed by atoms with Crippen molar-refractivity contribution in [1.29, 1.82) is 0 Å². The molecule has 106 valence electrons. The largest absolute Gasteiger partial charge is 0.403 e. The Labute approximate surface area is 124 Å². The lowest BCUT2D eigenvalue weighted by Gasteiger charge is -2.07. The minimum absolute atomic E-state index is 0.00185. The lowest BCUT2D eigenvalue weighted by molar-refractivity contribution is 0.512. The molecule has 0 fully saturated rings. The van der Waals surface area contributed by atoms with Gasteiger partial charge in [0.1, 0.15) is 5.82 Å². The van der Waals surface area contributed by atoms with E-state index in [1.54, 1.807) is 36.4 Å². The molecule has 3 aromatic carbocycles. The Morgan fingerprint density at radius 1 is 0.864 bits per heavy atom. The Balaban J connectivity index is 2.12. The van der Waals surface area contributed by atoms with E-state index in [4.69, 9.17) is 4.42 Å². The minimum Gasteiger partial charge on any atom is -0.403 e. The molecular formula is C18H10FNO2. The molecule has 4 rings (SSSR count). The fraction of sp³-hybridized carbons (Fsp3) is 0. The number of nitrogens with zero attached hydrogens (tertiary/aromatic N) is 1. The Bertz CT molecular complexity index is 1070. The standard InChI is InChI=1S/C18H10FNO2/c19-14-10-9-11-5-1-2-6-12(11)16(14)17-20-15-8-4-3-7-13(15)18(21)22-17/h1-10H. The van der Waals surface area contributed by atoms with Crippen LogP contribution in [-0.4, -0.2) is 4.98 Å². The molecule has 0 saturated carbocycles. The highest BCUT2D eigenvalue weighted by Crippen LogP contribution is 2.30. The molecular weight excluding hydrogens is 281 g/mol. The van der Waals surface area contributed by atoms with E-state index in [0.29, 0.717) is 16.3 Å². The van der Waals surface area contributed by atoms with Crippen molar-refractivity contribution >= 4 is 21.7 Å². The van der Waals surface area contributed by atoms with Crippen molar-refractivity contribution in [1.82, 2.24) is 4.98 Å². The third-order valence-electron chi connectivity index (χ3n) is 3.63. The molecule has 4 heteroatoms. The summed E-state index contributed by atoms with van der Waals surface area (Å²) in [6.45, 7) is 0. The molecule has 3 nitrogen and oxygen atoms in total. The Kier molecular flexibility index (Phi) is 2.76. The third-order valence-corrected chi connectivity index (χ3v) is 3.63. The highest BCUT2D eigenvalue weighted by Gasteiger charge is 2.15. The molecule has 1 heterocycles. The topological polar surface area (TPSA) is 43.1 Å². The summed E-state index contributed by atoms with van der Waals surface area (Å²) in [7, 11) is 0. The van der Waals surface area contributed by atoms with Gasteiger partial charge in [0.25, 0.3) is 0 Å². The highest BCUT2D eigenvalue weighted by molar-refractivity contribution is 5.95. The zero-order valence-electron chi connectivity index (χ0n) is 11.4. The lowest BCUT2D eigenvalue weighted by Crippen LogP contribution is -2.03. The first-order chi connectivity index (χ1) is 10.7. The number of para-hydroxylation sites is 1. The first-order valence-corrected chi connectivity index (χ1v) is 6.81. The van der Waals surface area contributed by atoms with Gasteiger partial charge in [-0.2, -0.15) is 0 Å². The smallest absolute Gasteiger partial charge is 0.347 e. The van der Waals surface area contributed by atoms with E-state index in [9.17, 15) is 9.18 Å². The van der Waals surface area contributed by atoms with Crippen molar-refractivity contribution < 1.29 is 8.81 Å². The van der Waals surface area contributed by atoms with Gasteiger partial charge in [-0.05, 0) is 29.0 Å². The van der Waals surface area contributed by atoms with Gasteiger partial charge in [0.2, 0.25) is 5.89 Å². The molecule has 0 bridgehead atoms. The predicted octanol–water partition coefficient (Wildman–Crippen LogP) is 4.15. The minimum atomic E-state index is -0.520. The van der Waals surface area contributed by atoms with Gasteiger partial charge >= 0.3 is 5.63 Å². The number of hydrogen-bond donors (Lipinski definition) is 0. The predicted molar refractivity (Wildman–Crippen MR) is 83.2 cm³/mol. The van der Waals surface area contributed by atoms with Crippen LogP contribution in [0.5, 0.6) is 0 Å². The van der Waals surface area contributed by atoms with E-state index < -0.39 is 11.4 Å². The summed E-state index contributed by atoms with van der Waals surface area (Å²) < 4.78 is 19.6. The number of benzene rings is 3. The van der Waals surface area contributed by atoms with Gasteiger partial charge in [-0.1, -0.05) is 42.5 Å². The van der Waals surface area contributed by atoms with E-state index in [1.807, 2.05) is 18.2 Å². The Hall–Kier alpha value is -3.01. The van der Waals surface area contributed by atoms with Crippen LogP contribution < -0.4 is 5.63 Å². The number of rotatable bonds is 1. The number of halogens is 1. The molecule has 0 atom stereocenters. The summed E-state index contributed by atoms with van der Waals surface area (Å²) in [5.74, 6) is -0.470. The molecule has 0 aliphatic carbocycles. The zero-order valence-corrected chi connectivity index (χ0v) is 11.4. The Morgan fingerprint density at radius 3 is 2.45 bits per heavy atom. The average Bonchev–Trinajstić information content (AvgIpc) is 2.54. The van der Waals surface area contributed by atoms with Crippen LogP contribution in [0.25, 0.3) is 33.1 Å². The normalized spacial score (nSPS) is 11.1. The van der Waals surface area contributed by atoms with Crippen LogP contribution in [0.2, 0.25) is 0 Å². The SMILES string of the molecule is O=c1oc(-c2c(F)ccc3ccccc23)nc2ccccc12. The summed E-state index contributed by atoms with van der Waals surface area (Å²) in [5.41, 5.74) is 0.176. The van der Waals surface area contributed by atoms with Crippen LogP contribution in [0, 0.1) is 5.82 Å². The second-order valence-corrected chi connectivity index (χ2v) is 4.97. The molecule has 4 aromatic rings. The van der Waals surface area contributed by atoms with Crippen LogP contribution >= 0.6 is 0 Å². The summed E-state index contributed by atoms with van der Waals surface area (Å²) in [6.07, 6.45) is 0. The molecule has 0 aliphatic heterocycles. The highest BCUT2D eigenvalue weighted by atomic mass is 19.1. The van der Waals surface area contributed by atoms with Crippen LogP contribution in [0.15, 0.2) is 69.9 Å². The quantitative estimate of drug-likeness (QED) is 0.529. The summed E-state index contributed by atoms with van der Waals surface area (Å²) in [5, 5.41) is 1.90. The van der Waals surface area contributed by atoms with E-state index in [0.717, 1.165) is 5.39 Å². The van der Waals surface area contributed by atoms with Gasteiger partial charge in [0.15, 0.2) is 0 Å². The molecule has 0 N–H and O–H groups in total. The van der Waals surface area contributed by atoms with Crippen LogP contribution in [0.1, 0.15) is 0 Å². The van der Waals surface area contributed by atoms with Crippen molar-refractivity contribution in [3.8, 4) is 11.5 Å². The van der Waals surface area contributed by atoms with Gasteiger partial charge in [-0.15, -0.1) is 0 Å². The van der Waals surface area contributed by atoms with E-state index in [1.165, 1.54) is 6.07 Å². The maximum Gasteiger partial charge on any atom is 0.347 e. The van der Waals surface area contributed by atoms with Gasteiger partial charge in [0, 0.05) is 0 Å². The van der Waals surface area contributed by atoms with Gasteiger partial charge in [-0.3, -0.25) is 0 Å². The molecule has 22 heavy (non-hydrogen) atoms. The number of aromatic nitrogens is 1. The average molecular weight is 291 g/mol.